The average molecular weight is 314 g/mol. The summed E-state index contributed by atoms with van der Waals surface area (Å²) < 4.78 is 7.27. The van der Waals surface area contributed by atoms with Crippen molar-refractivity contribution in [3.63, 3.8) is 0 Å². The Balaban J connectivity index is 1.42. The van der Waals surface area contributed by atoms with Crippen molar-refractivity contribution in [1.29, 1.82) is 0 Å². The number of ether oxygens (including phenoxy) is 1. The Kier molecular flexibility index (Phi) is 5.26. The van der Waals surface area contributed by atoms with Gasteiger partial charge in [0.05, 0.1) is 11.4 Å². The van der Waals surface area contributed by atoms with E-state index >= 15 is 0 Å². The summed E-state index contributed by atoms with van der Waals surface area (Å²) in [6.07, 6.45) is 6.97. The number of hydrogen-bond donors (Lipinski definition) is 2. The minimum atomic E-state index is -0.216. The highest BCUT2D eigenvalue weighted by Gasteiger charge is 2.20. The van der Waals surface area contributed by atoms with Crippen molar-refractivity contribution in [2.45, 2.75) is 19.3 Å². The van der Waals surface area contributed by atoms with E-state index in [0.717, 1.165) is 30.3 Å². The maximum atomic E-state index is 12.0. The predicted molar refractivity (Wildman–Crippen MR) is 88.7 cm³/mol. The van der Waals surface area contributed by atoms with Gasteiger partial charge in [0.25, 0.3) is 0 Å². The zero-order valence-corrected chi connectivity index (χ0v) is 13.1. The third kappa shape index (κ3) is 4.82. The van der Waals surface area contributed by atoms with Gasteiger partial charge in [0.2, 0.25) is 0 Å². The molecule has 1 heterocycles. The van der Waals surface area contributed by atoms with Gasteiger partial charge in [-0.15, -0.1) is 0 Å². The summed E-state index contributed by atoms with van der Waals surface area (Å²) >= 11 is 0. The van der Waals surface area contributed by atoms with Crippen LogP contribution in [0.2, 0.25) is 0 Å². The number of carbonyl (C=O) groups excluding carboxylic acids is 1. The monoisotopic (exact) mass is 314 g/mol. The van der Waals surface area contributed by atoms with Crippen LogP contribution < -0.4 is 10.6 Å². The van der Waals surface area contributed by atoms with Crippen LogP contribution in [0.3, 0.4) is 0 Å². The summed E-state index contributed by atoms with van der Waals surface area (Å²) in [5.74, 6) is 0.782. The molecule has 0 spiro atoms. The first-order chi connectivity index (χ1) is 11.3. The van der Waals surface area contributed by atoms with Crippen LogP contribution in [0.25, 0.3) is 5.69 Å². The summed E-state index contributed by atoms with van der Waals surface area (Å²) in [7, 11) is 0. The van der Waals surface area contributed by atoms with Crippen LogP contribution in [-0.2, 0) is 4.74 Å². The van der Waals surface area contributed by atoms with Gasteiger partial charge in [-0.1, -0.05) is 12.1 Å². The maximum absolute atomic E-state index is 12.0. The van der Waals surface area contributed by atoms with Crippen LogP contribution in [0.1, 0.15) is 19.3 Å². The van der Waals surface area contributed by atoms with E-state index in [-0.39, 0.29) is 6.03 Å². The Labute approximate surface area is 135 Å². The lowest BCUT2D eigenvalue weighted by Crippen LogP contribution is -2.30. The number of amides is 2. The average Bonchev–Trinajstić information content (AvgIpc) is 3.22. The number of para-hydroxylation sites is 2. The molecule has 1 fully saturated rings. The predicted octanol–water partition coefficient (Wildman–Crippen LogP) is 2.81. The van der Waals surface area contributed by atoms with E-state index in [1.807, 2.05) is 36.5 Å². The number of nitrogens with zero attached hydrogens (tertiary/aromatic N) is 2. The van der Waals surface area contributed by atoms with Gasteiger partial charge in [-0.05, 0) is 43.4 Å². The Hall–Kier alpha value is -2.34. The fraction of sp³-hybridized carbons (Fsp3) is 0.412. The summed E-state index contributed by atoms with van der Waals surface area (Å²) in [4.78, 5) is 12.0. The lowest BCUT2D eigenvalue weighted by atomic mass is 10.2. The van der Waals surface area contributed by atoms with E-state index in [4.69, 9.17) is 4.74 Å². The molecular weight excluding hydrogens is 292 g/mol. The fourth-order valence-electron chi connectivity index (χ4n) is 2.27. The van der Waals surface area contributed by atoms with Gasteiger partial charge in [0, 0.05) is 32.2 Å². The molecule has 1 aromatic carbocycles. The fourth-order valence-corrected chi connectivity index (χ4v) is 2.27. The Morgan fingerprint density at radius 2 is 2.17 bits per heavy atom. The molecule has 0 radical (unpaired) electrons. The third-order valence-corrected chi connectivity index (χ3v) is 3.70. The molecule has 6 nitrogen and oxygen atoms in total. The van der Waals surface area contributed by atoms with Crippen LogP contribution in [0.15, 0.2) is 42.7 Å². The van der Waals surface area contributed by atoms with Crippen molar-refractivity contribution in [2.24, 2.45) is 5.92 Å². The molecule has 3 rings (SSSR count). The molecule has 23 heavy (non-hydrogen) atoms. The van der Waals surface area contributed by atoms with E-state index < -0.39 is 0 Å². The molecule has 1 aliphatic carbocycles. The van der Waals surface area contributed by atoms with E-state index in [1.54, 1.807) is 10.9 Å². The highest BCUT2D eigenvalue weighted by atomic mass is 16.5. The number of rotatable bonds is 8. The zero-order valence-electron chi connectivity index (χ0n) is 13.1. The van der Waals surface area contributed by atoms with Crippen LogP contribution >= 0.6 is 0 Å². The molecule has 6 heteroatoms. The number of hydrogen-bond acceptors (Lipinski definition) is 3. The molecule has 2 amide bonds. The molecule has 0 atom stereocenters. The molecule has 0 saturated heterocycles. The van der Waals surface area contributed by atoms with Crippen LogP contribution in [0.4, 0.5) is 10.5 Å². The molecule has 2 N–H and O–H groups in total. The number of anilines is 1. The van der Waals surface area contributed by atoms with Crippen molar-refractivity contribution in [3.8, 4) is 5.69 Å². The van der Waals surface area contributed by atoms with Gasteiger partial charge < -0.3 is 15.4 Å². The minimum Gasteiger partial charge on any atom is -0.381 e. The van der Waals surface area contributed by atoms with E-state index in [1.165, 1.54) is 12.8 Å². The number of benzene rings is 1. The molecule has 122 valence electrons. The quantitative estimate of drug-likeness (QED) is 0.736. The summed E-state index contributed by atoms with van der Waals surface area (Å²) in [5, 5.41) is 9.91. The minimum absolute atomic E-state index is 0.216. The number of carbonyl (C=O) groups is 1. The smallest absolute Gasteiger partial charge is 0.319 e. The molecule has 0 unspecified atom stereocenters. The van der Waals surface area contributed by atoms with Gasteiger partial charge in [0.1, 0.15) is 0 Å². The lowest BCUT2D eigenvalue weighted by Gasteiger charge is -2.12. The van der Waals surface area contributed by atoms with Gasteiger partial charge in [-0.2, -0.15) is 5.10 Å². The Morgan fingerprint density at radius 3 is 2.96 bits per heavy atom. The zero-order chi connectivity index (χ0) is 15.9. The topological polar surface area (TPSA) is 68.2 Å². The number of nitrogens with one attached hydrogen (secondary N) is 2. The molecule has 1 aliphatic rings. The summed E-state index contributed by atoms with van der Waals surface area (Å²) in [6, 6.07) is 9.19. The summed E-state index contributed by atoms with van der Waals surface area (Å²) in [6.45, 7) is 2.16. The molecule has 2 aromatic rings. The molecule has 1 aromatic heterocycles. The van der Waals surface area contributed by atoms with Gasteiger partial charge in [-0.3, -0.25) is 0 Å². The normalized spacial score (nSPS) is 13.7. The third-order valence-electron chi connectivity index (χ3n) is 3.70. The molecule has 0 bridgehead atoms. The first kappa shape index (κ1) is 15.6. The second-order valence-corrected chi connectivity index (χ2v) is 5.72. The van der Waals surface area contributed by atoms with E-state index in [2.05, 4.69) is 15.7 Å². The Bertz CT molecular complexity index is 623. The number of urea groups is 1. The van der Waals surface area contributed by atoms with Gasteiger partial charge in [0.15, 0.2) is 0 Å². The first-order valence-electron chi connectivity index (χ1n) is 8.04. The highest BCUT2D eigenvalue weighted by molar-refractivity contribution is 5.91. The maximum Gasteiger partial charge on any atom is 0.319 e. The molecular formula is C17H22N4O2. The van der Waals surface area contributed by atoms with Crippen LogP contribution in [0.5, 0.6) is 0 Å². The largest absolute Gasteiger partial charge is 0.381 e. The van der Waals surface area contributed by atoms with Crippen molar-refractivity contribution >= 4 is 11.7 Å². The number of aromatic nitrogens is 2. The van der Waals surface area contributed by atoms with Crippen molar-refractivity contribution in [1.82, 2.24) is 15.1 Å². The van der Waals surface area contributed by atoms with E-state index in [0.29, 0.717) is 13.2 Å². The molecule has 0 aliphatic heterocycles. The Morgan fingerprint density at radius 1 is 1.30 bits per heavy atom. The molecule has 1 saturated carbocycles. The summed E-state index contributed by atoms with van der Waals surface area (Å²) in [5.41, 5.74) is 1.55. The second kappa shape index (κ2) is 7.78. The van der Waals surface area contributed by atoms with Crippen molar-refractivity contribution in [2.75, 3.05) is 25.1 Å². The van der Waals surface area contributed by atoms with Crippen LogP contribution in [0, 0.1) is 5.92 Å². The second-order valence-electron chi connectivity index (χ2n) is 5.72. The highest BCUT2D eigenvalue weighted by Crippen LogP contribution is 2.28. The van der Waals surface area contributed by atoms with Crippen molar-refractivity contribution in [3.05, 3.63) is 42.7 Å². The SMILES string of the molecule is O=C(NCCCOCC1CC1)Nc1ccccc1-n1cccn1. The van der Waals surface area contributed by atoms with Gasteiger partial charge >= 0.3 is 6.03 Å². The van der Waals surface area contributed by atoms with Gasteiger partial charge in [-0.25, -0.2) is 9.48 Å². The first-order valence-corrected chi connectivity index (χ1v) is 8.04. The lowest BCUT2D eigenvalue weighted by molar-refractivity contribution is 0.122. The van der Waals surface area contributed by atoms with E-state index in [9.17, 15) is 4.79 Å². The van der Waals surface area contributed by atoms with Crippen LogP contribution in [-0.4, -0.2) is 35.6 Å². The standard InChI is InChI=1S/C17H22N4O2/c22-17(18-9-4-12-23-13-14-7-8-14)20-15-5-1-2-6-16(15)21-11-3-10-19-21/h1-3,5-6,10-11,14H,4,7-9,12-13H2,(H2,18,20,22). The van der Waals surface area contributed by atoms with Crippen molar-refractivity contribution < 1.29 is 9.53 Å².